The first-order valence-electron chi connectivity index (χ1n) is 8.77. The lowest BCUT2D eigenvalue weighted by atomic mass is 10.1. The standard InChI is InChI=1S/C20H23ClN4/c1-24-19(9-15-2-3-17(21)10-20(15)24)16-8-14(11-23-12-16)13-25-6-4-18(22)5-7-25/h2-3,8-12,18H,4-7,13,22H2,1H3. The van der Waals surface area contributed by atoms with Crippen LogP contribution >= 0.6 is 11.6 Å². The minimum Gasteiger partial charge on any atom is -0.344 e. The van der Waals surface area contributed by atoms with Crippen molar-refractivity contribution >= 4 is 22.5 Å². The summed E-state index contributed by atoms with van der Waals surface area (Å²) in [5.74, 6) is 0. The summed E-state index contributed by atoms with van der Waals surface area (Å²) in [7, 11) is 2.08. The van der Waals surface area contributed by atoms with Crippen molar-refractivity contribution in [1.29, 1.82) is 0 Å². The van der Waals surface area contributed by atoms with Crippen LogP contribution in [0, 0.1) is 0 Å². The molecule has 25 heavy (non-hydrogen) atoms. The molecule has 0 aliphatic carbocycles. The van der Waals surface area contributed by atoms with Gasteiger partial charge < -0.3 is 10.3 Å². The summed E-state index contributed by atoms with van der Waals surface area (Å²) in [6, 6.07) is 10.8. The van der Waals surface area contributed by atoms with Crippen molar-refractivity contribution in [1.82, 2.24) is 14.5 Å². The molecule has 0 bridgehead atoms. The predicted molar refractivity (Wildman–Crippen MR) is 104 cm³/mol. The van der Waals surface area contributed by atoms with Crippen LogP contribution in [-0.2, 0) is 13.6 Å². The van der Waals surface area contributed by atoms with Gasteiger partial charge in [0.25, 0.3) is 0 Å². The smallest absolute Gasteiger partial charge is 0.0504 e. The third-order valence-electron chi connectivity index (χ3n) is 5.14. The van der Waals surface area contributed by atoms with Gasteiger partial charge in [0, 0.05) is 53.5 Å². The van der Waals surface area contributed by atoms with E-state index in [9.17, 15) is 0 Å². The van der Waals surface area contributed by atoms with Gasteiger partial charge in [0.15, 0.2) is 0 Å². The first kappa shape index (κ1) is 16.6. The van der Waals surface area contributed by atoms with Crippen molar-refractivity contribution in [3.8, 4) is 11.3 Å². The van der Waals surface area contributed by atoms with Crippen LogP contribution in [0.2, 0.25) is 5.02 Å². The average Bonchev–Trinajstić information content (AvgIpc) is 2.94. The second-order valence-corrected chi connectivity index (χ2v) is 7.42. The fourth-order valence-corrected chi connectivity index (χ4v) is 3.83. The summed E-state index contributed by atoms with van der Waals surface area (Å²) >= 11 is 6.15. The summed E-state index contributed by atoms with van der Waals surface area (Å²) in [4.78, 5) is 6.94. The number of benzene rings is 1. The Morgan fingerprint density at radius 2 is 1.96 bits per heavy atom. The molecule has 4 rings (SSSR count). The topological polar surface area (TPSA) is 47.1 Å². The zero-order valence-electron chi connectivity index (χ0n) is 14.5. The molecule has 3 aromatic rings. The number of nitrogens with zero attached hydrogens (tertiary/aromatic N) is 3. The quantitative estimate of drug-likeness (QED) is 0.777. The van der Waals surface area contributed by atoms with E-state index < -0.39 is 0 Å². The Hall–Kier alpha value is -1.88. The van der Waals surface area contributed by atoms with Gasteiger partial charge in [-0.15, -0.1) is 0 Å². The highest BCUT2D eigenvalue weighted by Crippen LogP contribution is 2.29. The van der Waals surface area contributed by atoms with Crippen molar-refractivity contribution in [2.24, 2.45) is 12.8 Å². The van der Waals surface area contributed by atoms with E-state index in [1.807, 2.05) is 24.5 Å². The number of hydrogen-bond acceptors (Lipinski definition) is 3. The van der Waals surface area contributed by atoms with Gasteiger partial charge >= 0.3 is 0 Å². The van der Waals surface area contributed by atoms with Crippen molar-refractivity contribution in [3.05, 3.63) is 53.3 Å². The maximum atomic E-state index is 6.15. The fourth-order valence-electron chi connectivity index (χ4n) is 3.66. The van der Waals surface area contributed by atoms with Crippen molar-refractivity contribution in [2.45, 2.75) is 25.4 Å². The molecule has 3 heterocycles. The molecule has 0 saturated carbocycles. The number of aryl methyl sites for hydroxylation is 1. The van der Waals surface area contributed by atoms with Crippen LogP contribution in [0.3, 0.4) is 0 Å². The van der Waals surface area contributed by atoms with Crippen molar-refractivity contribution < 1.29 is 0 Å². The van der Waals surface area contributed by atoms with Gasteiger partial charge in [-0.05, 0) is 55.8 Å². The highest BCUT2D eigenvalue weighted by atomic mass is 35.5. The molecule has 5 heteroatoms. The third kappa shape index (κ3) is 3.43. The van der Waals surface area contributed by atoms with Gasteiger partial charge in [0.2, 0.25) is 0 Å². The van der Waals surface area contributed by atoms with E-state index in [-0.39, 0.29) is 0 Å². The van der Waals surface area contributed by atoms with E-state index in [2.05, 4.69) is 39.7 Å². The highest BCUT2D eigenvalue weighted by molar-refractivity contribution is 6.31. The molecule has 1 saturated heterocycles. The van der Waals surface area contributed by atoms with Crippen LogP contribution in [0.15, 0.2) is 42.7 Å². The Balaban J connectivity index is 1.62. The molecule has 2 N–H and O–H groups in total. The van der Waals surface area contributed by atoms with Crippen LogP contribution in [0.1, 0.15) is 18.4 Å². The summed E-state index contributed by atoms with van der Waals surface area (Å²) in [6.45, 7) is 3.07. The summed E-state index contributed by atoms with van der Waals surface area (Å²) in [5.41, 5.74) is 10.7. The third-order valence-corrected chi connectivity index (χ3v) is 5.37. The van der Waals surface area contributed by atoms with Gasteiger partial charge in [0.05, 0.1) is 5.69 Å². The average molecular weight is 355 g/mol. The normalized spacial score (nSPS) is 16.6. The van der Waals surface area contributed by atoms with Crippen LogP contribution in [0.25, 0.3) is 22.2 Å². The van der Waals surface area contributed by atoms with Gasteiger partial charge in [-0.3, -0.25) is 9.88 Å². The van der Waals surface area contributed by atoms with E-state index in [1.165, 1.54) is 10.9 Å². The summed E-state index contributed by atoms with van der Waals surface area (Å²) in [6.07, 6.45) is 6.07. The van der Waals surface area contributed by atoms with Crippen LogP contribution < -0.4 is 5.73 Å². The van der Waals surface area contributed by atoms with Crippen LogP contribution in [-0.4, -0.2) is 33.6 Å². The lowest BCUT2D eigenvalue weighted by Gasteiger charge is -2.30. The molecule has 1 aliphatic heterocycles. The van der Waals surface area contributed by atoms with Crippen molar-refractivity contribution in [3.63, 3.8) is 0 Å². The number of pyridine rings is 1. The van der Waals surface area contributed by atoms with Gasteiger partial charge in [-0.1, -0.05) is 17.7 Å². The number of hydrogen-bond donors (Lipinski definition) is 1. The van der Waals surface area contributed by atoms with E-state index in [0.29, 0.717) is 6.04 Å². The maximum absolute atomic E-state index is 6.15. The minimum atomic E-state index is 0.364. The van der Waals surface area contributed by atoms with Crippen molar-refractivity contribution in [2.75, 3.05) is 13.1 Å². The molecule has 0 unspecified atom stereocenters. The first-order chi connectivity index (χ1) is 12.1. The SMILES string of the molecule is Cn1c(-c2cncc(CN3CCC(N)CC3)c2)cc2ccc(Cl)cc21. The van der Waals surface area contributed by atoms with Gasteiger partial charge in [0.1, 0.15) is 0 Å². The molecule has 0 radical (unpaired) electrons. The fraction of sp³-hybridized carbons (Fsp3) is 0.350. The van der Waals surface area contributed by atoms with Crippen LogP contribution in [0.5, 0.6) is 0 Å². The molecule has 1 aliphatic rings. The van der Waals surface area contributed by atoms with Gasteiger partial charge in [-0.2, -0.15) is 0 Å². The number of aromatic nitrogens is 2. The molecule has 0 atom stereocenters. The number of rotatable bonds is 3. The Morgan fingerprint density at radius 3 is 2.76 bits per heavy atom. The summed E-state index contributed by atoms with van der Waals surface area (Å²) < 4.78 is 2.18. The number of halogens is 1. The molecule has 130 valence electrons. The maximum Gasteiger partial charge on any atom is 0.0504 e. The minimum absolute atomic E-state index is 0.364. The Bertz CT molecular complexity index is 894. The van der Waals surface area contributed by atoms with E-state index >= 15 is 0 Å². The number of likely N-dealkylation sites (tertiary alicyclic amines) is 1. The molecule has 1 fully saturated rings. The molecule has 0 spiro atoms. The second-order valence-electron chi connectivity index (χ2n) is 6.99. The van der Waals surface area contributed by atoms with Crippen LogP contribution in [0.4, 0.5) is 0 Å². The molecule has 0 amide bonds. The Kier molecular flexibility index (Phi) is 4.50. The Morgan fingerprint density at radius 1 is 1.16 bits per heavy atom. The predicted octanol–water partition coefficient (Wildman–Crippen LogP) is 3.82. The zero-order valence-corrected chi connectivity index (χ0v) is 15.2. The monoisotopic (exact) mass is 354 g/mol. The first-order valence-corrected chi connectivity index (χ1v) is 9.15. The lowest BCUT2D eigenvalue weighted by molar-refractivity contribution is 0.205. The van der Waals surface area contributed by atoms with Gasteiger partial charge in [-0.25, -0.2) is 0 Å². The lowest BCUT2D eigenvalue weighted by Crippen LogP contribution is -2.39. The number of nitrogens with two attached hydrogens (primary N) is 1. The molecular formula is C20H23ClN4. The molecular weight excluding hydrogens is 332 g/mol. The number of piperidine rings is 1. The summed E-state index contributed by atoms with van der Waals surface area (Å²) in [5, 5.41) is 1.95. The Labute approximate surface area is 153 Å². The largest absolute Gasteiger partial charge is 0.344 e. The zero-order chi connectivity index (χ0) is 17.4. The van der Waals surface area contributed by atoms with E-state index in [1.54, 1.807) is 0 Å². The molecule has 2 aromatic heterocycles. The number of fused-ring (bicyclic) bond motifs is 1. The second kappa shape index (κ2) is 6.79. The highest BCUT2D eigenvalue weighted by Gasteiger charge is 2.16. The van der Waals surface area contributed by atoms with E-state index in [4.69, 9.17) is 17.3 Å². The molecule has 1 aromatic carbocycles. The molecule has 4 nitrogen and oxygen atoms in total. The van der Waals surface area contributed by atoms with E-state index in [0.717, 1.165) is 54.3 Å².